The molecule has 2 heterocycles. The van der Waals surface area contributed by atoms with Crippen LogP contribution in [0.3, 0.4) is 0 Å². The van der Waals surface area contributed by atoms with E-state index < -0.39 is 6.10 Å². The summed E-state index contributed by atoms with van der Waals surface area (Å²) in [5.74, 6) is 0. The number of hydrogen-bond donors (Lipinski definition) is 1. The maximum atomic E-state index is 11.3. The molecule has 4 aromatic rings. The van der Waals surface area contributed by atoms with Gasteiger partial charge < -0.3 is 5.11 Å². The van der Waals surface area contributed by atoms with Crippen LogP contribution in [0.4, 0.5) is 0 Å². The van der Waals surface area contributed by atoms with Crippen molar-refractivity contribution in [3.05, 3.63) is 97.5 Å². The molecule has 1 atom stereocenters. The highest BCUT2D eigenvalue weighted by Gasteiger charge is 2.25. The van der Waals surface area contributed by atoms with Crippen molar-refractivity contribution in [2.75, 3.05) is 0 Å². The van der Waals surface area contributed by atoms with Gasteiger partial charge in [0.1, 0.15) is 6.10 Å². The Kier molecular flexibility index (Phi) is 6.16. The van der Waals surface area contributed by atoms with Crippen LogP contribution in [-0.4, -0.2) is 10.1 Å². The summed E-state index contributed by atoms with van der Waals surface area (Å²) in [6, 6.07) is 14.2. The molecule has 1 N–H and O–H groups in total. The smallest absolute Gasteiger partial charge is 0.108 e. The minimum atomic E-state index is -0.918. The molecule has 2 nitrogen and oxygen atoms in total. The van der Waals surface area contributed by atoms with E-state index in [2.05, 4.69) is 4.98 Å². The van der Waals surface area contributed by atoms with Gasteiger partial charge in [-0.25, -0.2) is 0 Å². The summed E-state index contributed by atoms with van der Waals surface area (Å²) in [4.78, 5) is 4.97. The minimum Gasteiger partial charge on any atom is -0.384 e. The molecule has 0 fully saturated rings. The summed E-state index contributed by atoms with van der Waals surface area (Å²) >= 11 is 26.6. The normalized spacial score (nSPS) is 12.2. The molecule has 4 rings (SSSR count). The van der Waals surface area contributed by atoms with E-state index in [1.54, 1.807) is 42.7 Å². The van der Waals surface area contributed by atoms with E-state index in [1.807, 2.05) is 23.6 Å². The van der Waals surface area contributed by atoms with Crippen molar-refractivity contribution in [1.82, 2.24) is 4.98 Å². The van der Waals surface area contributed by atoms with Crippen LogP contribution in [-0.2, 0) is 0 Å². The molecule has 2 aromatic carbocycles. The van der Waals surface area contributed by atoms with Crippen LogP contribution in [0, 0.1) is 0 Å². The predicted molar refractivity (Wildman–Crippen MR) is 124 cm³/mol. The van der Waals surface area contributed by atoms with Gasteiger partial charge in [0, 0.05) is 60.2 Å². The summed E-state index contributed by atoms with van der Waals surface area (Å²) in [7, 11) is 0. The zero-order valence-electron chi connectivity index (χ0n) is 14.7. The Morgan fingerprint density at radius 2 is 1.48 bits per heavy atom. The van der Waals surface area contributed by atoms with Crippen LogP contribution in [0.5, 0.6) is 0 Å². The minimum absolute atomic E-state index is 0.503. The third-order valence-electron chi connectivity index (χ3n) is 4.50. The fraction of sp³-hybridized carbons (Fsp3) is 0.0455. The molecule has 0 aliphatic rings. The lowest BCUT2D eigenvalue weighted by molar-refractivity contribution is 0.221. The summed E-state index contributed by atoms with van der Waals surface area (Å²) in [5.41, 5.74) is 3.76. The average Bonchev–Trinajstić information content (AvgIpc) is 3.12. The molecular weight excluding hydrogens is 468 g/mol. The molecule has 29 heavy (non-hydrogen) atoms. The van der Waals surface area contributed by atoms with Crippen molar-refractivity contribution in [1.29, 1.82) is 0 Å². The van der Waals surface area contributed by atoms with Gasteiger partial charge in [0.25, 0.3) is 0 Å². The SMILES string of the molecule is OC(c1cccnc1)c1c(-c2ccc(Cl)cc2Cl)csc1-c1ccc(Cl)cc1Cl. The third kappa shape index (κ3) is 4.17. The van der Waals surface area contributed by atoms with Gasteiger partial charge in [0.15, 0.2) is 0 Å². The van der Waals surface area contributed by atoms with Gasteiger partial charge in [-0.15, -0.1) is 11.3 Å². The number of halogens is 4. The van der Waals surface area contributed by atoms with E-state index in [9.17, 15) is 5.11 Å². The Morgan fingerprint density at radius 1 is 0.828 bits per heavy atom. The van der Waals surface area contributed by atoms with E-state index in [-0.39, 0.29) is 0 Å². The van der Waals surface area contributed by atoms with Gasteiger partial charge in [-0.3, -0.25) is 4.98 Å². The molecule has 0 saturated carbocycles. The van der Waals surface area contributed by atoms with Gasteiger partial charge >= 0.3 is 0 Å². The molecule has 1 unspecified atom stereocenters. The fourth-order valence-electron chi connectivity index (χ4n) is 3.14. The Morgan fingerprint density at radius 3 is 2.07 bits per heavy atom. The van der Waals surface area contributed by atoms with Crippen LogP contribution in [0.2, 0.25) is 20.1 Å². The van der Waals surface area contributed by atoms with Crippen LogP contribution >= 0.6 is 57.7 Å². The first-order valence-electron chi connectivity index (χ1n) is 8.56. The number of aliphatic hydroxyl groups is 1. The van der Waals surface area contributed by atoms with Crippen molar-refractivity contribution in [3.8, 4) is 21.6 Å². The number of aromatic nitrogens is 1. The molecule has 0 saturated heterocycles. The zero-order chi connectivity index (χ0) is 20.5. The first-order valence-corrected chi connectivity index (χ1v) is 10.9. The number of nitrogens with zero attached hydrogens (tertiary/aromatic N) is 1. The molecule has 0 aliphatic heterocycles. The zero-order valence-corrected chi connectivity index (χ0v) is 18.6. The fourth-order valence-corrected chi connectivity index (χ4v) is 5.35. The van der Waals surface area contributed by atoms with Crippen molar-refractivity contribution < 1.29 is 5.11 Å². The standard InChI is InChI=1S/C22H13Cl4NOS/c23-13-3-5-15(18(25)8-13)17-11-29-22(16-6-4-14(24)9-19(16)26)20(17)21(28)12-2-1-7-27-10-12/h1-11,21,28H. The maximum absolute atomic E-state index is 11.3. The third-order valence-corrected chi connectivity index (χ3v) is 6.62. The van der Waals surface area contributed by atoms with Gasteiger partial charge in [-0.2, -0.15) is 0 Å². The Balaban J connectivity index is 1.96. The average molecular weight is 481 g/mol. The molecule has 7 heteroatoms. The number of hydrogen-bond acceptors (Lipinski definition) is 3. The van der Waals surface area contributed by atoms with E-state index in [1.165, 1.54) is 11.3 Å². The Labute approximate surface area is 192 Å². The number of thiophene rings is 1. The largest absolute Gasteiger partial charge is 0.384 e. The second-order valence-electron chi connectivity index (χ2n) is 6.33. The van der Waals surface area contributed by atoms with E-state index in [0.29, 0.717) is 31.2 Å². The van der Waals surface area contributed by atoms with E-state index >= 15 is 0 Å². The Bertz CT molecular complexity index is 1110. The molecule has 0 radical (unpaired) electrons. The second kappa shape index (κ2) is 8.65. The molecule has 0 amide bonds. The van der Waals surface area contributed by atoms with Crippen LogP contribution < -0.4 is 0 Å². The summed E-state index contributed by atoms with van der Waals surface area (Å²) in [5, 5.41) is 15.4. The van der Waals surface area contributed by atoms with Crippen molar-refractivity contribution in [2.45, 2.75) is 6.10 Å². The Hall–Kier alpha value is -1.59. The lowest BCUT2D eigenvalue weighted by Crippen LogP contribution is -2.02. The molecule has 0 bridgehead atoms. The lowest BCUT2D eigenvalue weighted by atomic mass is 9.93. The van der Waals surface area contributed by atoms with Crippen molar-refractivity contribution in [2.24, 2.45) is 0 Å². The molecule has 0 aliphatic carbocycles. The quantitative estimate of drug-likeness (QED) is 0.319. The van der Waals surface area contributed by atoms with Crippen LogP contribution in [0.15, 0.2) is 66.3 Å². The van der Waals surface area contributed by atoms with E-state index in [4.69, 9.17) is 46.4 Å². The number of benzene rings is 2. The summed E-state index contributed by atoms with van der Waals surface area (Å²) in [6.45, 7) is 0. The number of rotatable bonds is 4. The highest BCUT2D eigenvalue weighted by Crippen LogP contribution is 2.47. The first kappa shape index (κ1) is 20.7. The number of aliphatic hydroxyl groups excluding tert-OH is 1. The second-order valence-corrected chi connectivity index (χ2v) is 8.90. The van der Waals surface area contributed by atoms with Crippen molar-refractivity contribution in [3.63, 3.8) is 0 Å². The monoisotopic (exact) mass is 479 g/mol. The summed E-state index contributed by atoms with van der Waals surface area (Å²) in [6.07, 6.45) is 2.39. The molecule has 0 spiro atoms. The van der Waals surface area contributed by atoms with Gasteiger partial charge in [-0.1, -0.05) is 64.6 Å². The number of pyridine rings is 1. The van der Waals surface area contributed by atoms with Crippen molar-refractivity contribution >= 4 is 57.7 Å². The van der Waals surface area contributed by atoms with Gasteiger partial charge in [0.2, 0.25) is 0 Å². The van der Waals surface area contributed by atoms with Gasteiger partial charge in [0.05, 0.1) is 5.02 Å². The predicted octanol–water partition coefficient (Wildman–Crippen LogP) is 8.17. The molecule has 2 aromatic heterocycles. The van der Waals surface area contributed by atoms with Gasteiger partial charge in [-0.05, 0) is 35.7 Å². The molecule has 146 valence electrons. The topological polar surface area (TPSA) is 33.1 Å². The highest BCUT2D eigenvalue weighted by molar-refractivity contribution is 7.14. The lowest BCUT2D eigenvalue weighted by Gasteiger charge is -2.16. The molecular formula is C22H13Cl4NOS. The maximum Gasteiger partial charge on any atom is 0.108 e. The summed E-state index contributed by atoms with van der Waals surface area (Å²) < 4.78 is 0. The van der Waals surface area contributed by atoms with E-state index in [0.717, 1.165) is 21.6 Å². The van der Waals surface area contributed by atoms with Crippen LogP contribution in [0.1, 0.15) is 17.2 Å². The first-order chi connectivity index (χ1) is 14.0. The van der Waals surface area contributed by atoms with Crippen LogP contribution in [0.25, 0.3) is 21.6 Å². The highest BCUT2D eigenvalue weighted by atomic mass is 35.5.